The molecule has 0 aliphatic carbocycles. The van der Waals surface area contributed by atoms with Crippen LogP contribution in [0.15, 0.2) is 24.3 Å². The Balaban J connectivity index is 1.63. The molecule has 3 rings (SSSR count). The number of H-pyrrole nitrogens is 1. The second-order valence-corrected chi connectivity index (χ2v) is 6.19. The van der Waals surface area contributed by atoms with Gasteiger partial charge in [-0.15, -0.1) is 0 Å². The quantitative estimate of drug-likeness (QED) is 0.912. The van der Waals surface area contributed by atoms with Gasteiger partial charge in [0.2, 0.25) is 11.8 Å². The van der Waals surface area contributed by atoms with Crippen LogP contribution in [0.25, 0.3) is 11.0 Å². The summed E-state index contributed by atoms with van der Waals surface area (Å²) in [5, 5.41) is 0. The Hall–Kier alpha value is -2.58. The summed E-state index contributed by atoms with van der Waals surface area (Å²) in [6, 6.07) is 7.40. The molecule has 1 aliphatic rings. The third kappa shape index (κ3) is 3.92. The van der Waals surface area contributed by atoms with Crippen molar-refractivity contribution in [2.45, 2.75) is 19.1 Å². The number of alkyl halides is 3. The van der Waals surface area contributed by atoms with Gasteiger partial charge in [0.1, 0.15) is 12.4 Å². The summed E-state index contributed by atoms with van der Waals surface area (Å²) in [6.07, 6.45) is -4.66. The molecule has 6 nitrogen and oxygen atoms in total. The third-order valence-electron chi connectivity index (χ3n) is 4.14. The average Bonchev–Trinajstić information content (AvgIpc) is 3.08. The lowest BCUT2D eigenvalue weighted by molar-refractivity contribution is -0.157. The first-order valence-corrected chi connectivity index (χ1v) is 7.76. The summed E-state index contributed by atoms with van der Waals surface area (Å²) in [7, 11) is 1.55. The van der Waals surface area contributed by atoms with Gasteiger partial charge in [-0.1, -0.05) is 12.1 Å². The molecule has 134 valence electrons. The number of likely N-dealkylation sites (tertiary alicyclic amines) is 1. The molecule has 1 unspecified atom stereocenters. The number of aromatic nitrogens is 2. The SMILES string of the molecule is CN(Cc1nc2ccccc2[nH]1)C(=O)C1CC(=O)N(CC(F)(F)F)C1. The minimum absolute atomic E-state index is 0.192. The predicted molar refractivity (Wildman–Crippen MR) is 83.3 cm³/mol. The zero-order valence-electron chi connectivity index (χ0n) is 13.5. The van der Waals surface area contributed by atoms with Crippen molar-refractivity contribution < 1.29 is 22.8 Å². The largest absolute Gasteiger partial charge is 0.406 e. The van der Waals surface area contributed by atoms with Crippen LogP contribution in [0.5, 0.6) is 0 Å². The Morgan fingerprint density at radius 3 is 2.80 bits per heavy atom. The van der Waals surface area contributed by atoms with Crippen molar-refractivity contribution >= 4 is 22.8 Å². The Morgan fingerprint density at radius 1 is 1.40 bits per heavy atom. The number of carbonyl (C=O) groups excluding carboxylic acids is 2. The Labute approximate surface area is 141 Å². The van der Waals surface area contributed by atoms with E-state index in [0.717, 1.165) is 11.0 Å². The Kier molecular flexibility index (Phi) is 4.40. The Bertz CT molecular complexity index is 769. The van der Waals surface area contributed by atoms with Gasteiger partial charge in [0.15, 0.2) is 0 Å². The van der Waals surface area contributed by atoms with Gasteiger partial charge in [-0.3, -0.25) is 9.59 Å². The minimum Gasteiger partial charge on any atom is -0.340 e. The van der Waals surface area contributed by atoms with Gasteiger partial charge >= 0.3 is 6.18 Å². The molecule has 1 fully saturated rings. The van der Waals surface area contributed by atoms with E-state index in [2.05, 4.69) is 9.97 Å². The zero-order chi connectivity index (χ0) is 18.2. The molecule has 2 amide bonds. The second kappa shape index (κ2) is 6.38. The van der Waals surface area contributed by atoms with Crippen LogP contribution in [0.1, 0.15) is 12.2 Å². The van der Waals surface area contributed by atoms with Crippen molar-refractivity contribution in [1.29, 1.82) is 0 Å². The van der Waals surface area contributed by atoms with Gasteiger partial charge in [0, 0.05) is 20.0 Å². The summed E-state index contributed by atoms with van der Waals surface area (Å²) in [5.74, 6) is -1.19. The number of carbonyl (C=O) groups is 2. The number of halogens is 3. The average molecular weight is 354 g/mol. The molecule has 0 spiro atoms. The molecule has 0 bridgehead atoms. The van der Waals surface area contributed by atoms with E-state index in [4.69, 9.17) is 0 Å². The normalized spacial score (nSPS) is 18.2. The number of aromatic amines is 1. The number of hydrogen-bond donors (Lipinski definition) is 1. The molecule has 1 N–H and O–H groups in total. The number of nitrogens with zero attached hydrogens (tertiary/aromatic N) is 3. The lowest BCUT2D eigenvalue weighted by Crippen LogP contribution is -2.37. The van der Waals surface area contributed by atoms with E-state index in [9.17, 15) is 22.8 Å². The first-order chi connectivity index (χ1) is 11.7. The lowest BCUT2D eigenvalue weighted by Gasteiger charge is -2.21. The highest BCUT2D eigenvalue weighted by molar-refractivity contribution is 5.89. The monoisotopic (exact) mass is 354 g/mol. The van der Waals surface area contributed by atoms with Crippen molar-refractivity contribution in [3.05, 3.63) is 30.1 Å². The highest BCUT2D eigenvalue weighted by Crippen LogP contribution is 2.25. The third-order valence-corrected chi connectivity index (χ3v) is 4.14. The maximum absolute atomic E-state index is 12.5. The smallest absolute Gasteiger partial charge is 0.340 e. The van der Waals surface area contributed by atoms with Crippen molar-refractivity contribution in [1.82, 2.24) is 19.8 Å². The Morgan fingerprint density at radius 2 is 2.12 bits per heavy atom. The second-order valence-electron chi connectivity index (χ2n) is 6.19. The van der Waals surface area contributed by atoms with Gasteiger partial charge in [0.25, 0.3) is 0 Å². The predicted octanol–water partition coefficient (Wildman–Crippen LogP) is 1.93. The molecule has 1 aromatic heterocycles. The van der Waals surface area contributed by atoms with Gasteiger partial charge in [-0.05, 0) is 12.1 Å². The molecule has 1 saturated heterocycles. The topological polar surface area (TPSA) is 69.3 Å². The fourth-order valence-corrected chi connectivity index (χ4v) is 3.00. The van der Waals surface area contributed by atoms with Gasteiger partial charge in [0.05, 0.1) is 23.5 Å². The summed E-state index contributed by atoms with van der Waals surface area (Å²) in [4.78, 5) is 33.7. The maximum Gasteiger partial charge on any atom is 0.406 e. The van der Waals surface area contributed by atoms with E-state index in [0.29, 0.717) is 10.7 Å². The number of nitrogens with one attached hydrogen (secondary N) is 1. The first-order valence-electron chi connectivity index (χ1n) is 7.76. The highest BCUT2D eigenvalue weighted by Gasteiger charge is 2.41. The molecular formula is C16H17F3N4O2. The summed E-state index contributed by atoms with van der Waals surface area (Å²) in [5.41, 5.74) is 1.61. The number of hydrogen-bond acceptors (Lipinski definition) is 3. The van der Waals surface area contributed by atoms with Crippen molar-refractivity contribution in [2.24, 2.45) is 5.92 Å². The summed E-state index contributed by atoms with van der Waals surface area (Å²) < 4.78 is 37.4. The maximum atomic E-state index is 12.5. The van der Waals surface area contributed by atoms with Crippen LogP contribution >= 0.6 is 0 Å². The van der Waals surface area contributed by atoms with Crippen LogP contribution in [-0.4, -0.2) is 57.9 Å². The number of para-hydroxylation sites is 2. The molecule has 1 aromatic carbocycles. The zero-order valence-corrected chi connectivity index (χ0v) is 13.5. The van der Waals surface area contributed by atoms with Gasteiger partial charge in [-0.2, -0.15) is 13.2 Å². The van der Waals surface area contributed by atoms with Crippen molar-refractivity contribution in [3.8, 4) is 0 Å². The van der Waals surface area contributed by atoms with Crippen LogP contribution < -0.4 is 0 Å². The molecular weight excluding hydrogens is 337 g/mol. The fraction of sp³-hybridized carbons (Fsp3) is 0.438. The van der Waals surface area contributed by atoms with E-state index in [1.54, 1.807) is 7.05 Å². The van der Waals surface area contributed by atoms with Crippen molar-refractivity contribution in [3.63, 3.8) is 0 Å². The molecule has 1 aliphatic heterocycles. The van der Waals surface area contributed by atoms with Crippen LogP contribution in [0.2, 0.25) is 0 Å². The van der Waals surface area contributed by atoms with E-state index in [-0.39, 0.29) is 25.4 Å². The number of fused-ring (bicyclic) bond motifs is 1. The number of amides is 2. The molecule has 25 heavy (non-hydrogen) atoms. The van der Waals surface area contributed by atoms with Gasteiger partial charge < -0.3 is 14.8 Å². The molecule has 0 saturated carbocycles. The highest BCUT2D eigenvalue weighted by atomic mass is 19.4. The molecule has 0 radical (unpaired) electrons. The fourth-order valence-electron chi connectivity index (χ4n) is 3.00. The molecule has 9 heteroatoms. The van der Waals surface area contributed by atoms with Crippen LogP contribution in [0.3, 0.4) is 0 Å². The van der Waals surface area contributed by atoms with Crippen LogP contribution in [0, 0.1) is 5.92 Å². The number of imidazole rings is 1. The van der Waals surface area contributed by atoms with E-state index >= 15 is 0 Å². The van der Waals surface area contributed by atoms with Crippen molar-refractivity contribution in [2.75, 3.05) is 20.1 Å². The van der Waals surface area contributed by atoms with E-state index < -0.39 is 24.5 Å². The number of benzene rings is 1. The molecule has 2 aromatic rings. The van der Waals surface area contributed by atoms with E-state index in [1.165, 1.54) is 4.90 Å². The summed E-state index contributed by atoms with van der Waals surface area (Å²) >= 11 is 0. The van der Waals surface area contributed by atoms with Gasteiger partial charge in [-0.25, -0.2) is 4.98 Å². The minimum atomic E-state index is -4.46. The standard InChI is InChI=1S/C16H17F3N4O2/c1-22(8-13-20-11-4-2-3-5-12(11)21-13)15(25)10-6-14(24)23(7-10)9-16(17,18)19/h2-5,10H,6-9H2,1H3,(H,20,21). The summed E-state index contributed by atoms with van der Waals surface area (Å²) in [6.45, 7) is -1.33. The lowest BCUT2D eigenvalue weighted by atomic mass is 10.1. The first kappa shape index (κ1) is 17.2. The molecule has 1 atom stereocenters. The number of rotatable bonds is 4. The van der Waals surface area contributed by atoms with E-state index in [1.807, 2.05) is 24.3 Å². The van der Waals surface area contributed by atoms with Crippen LogP contribution in [0.4, 0.5) is 13.2 Å². The molecule has 2 heterocycles. The van der Waals surface area contributed by atoms with Crippen LogP contribution in [-0.2, 0) is 16.1 Å².